The summed E-state index contributed by atoms with van der Waals surface area (Å²) in [5.41, 5.74) is 2.46. The largest absolute Gasteiger partial charge is 0.417 e. The maximum absolute atomic E-state index is 13.8. The van der Waals surface area contributed by atoms with E-state index in [1.54, 1.807) is 30.7 Å². The molecular weight excluding hydrogens is 476 g/mol. The Morgan fingerprint density at radius 1 is 1.06 bits per heavy atom. The minimum atomic E-state index is -4.56. The molecule has 3 aromatic heterocycles. The van der Waals surface area contributed by atoms with Crippen molar-refractivity contribution in [3.8, 4) is 0 Å². The average Bonchev–Trinajstić information content (AvgIpc) is 3.57. The minimum Gasteiger partial charge on any atom is -0.321 e. The zero-order valence-corrected chi connectivity index (χ0v) is 19.9. The van der Waals surface area contributed by atoms with Gasteiger partial charge in [-0.3, -0.25) is 9.48 Å². The summed E-state index contributed by atoms with van der Waals surface area (Å²) < 4.78 is 57.6. The molecule has 1 aliphatic carbocycles. The van der Waals surface area contributed by atoms with Gasteiger partial charge in [0.25, 0.3) is 0 Å². The van der Waals surface area contributed by atoms with Crippen LogP contribution < -0.4 is 5.32 Å². The number of pyridine rings is 1. The molecule has 1 aromatic carbocycles. The number of amides is 1. The Hall–Kier alpha value is -3.76. The summed E-state index contributed by atoms with van der Waals surface area (Å²) in [6.45, 7) is 5.12. The second-order valence-electron chi connectivity index (χ2n) is 9.19. The van der Waals surface area contributed by atoms with Crippen LogP contribution in [0.5, 0.6) is 0 Å². The van der Waals surface area contributed by atoms with Crippen LogP contribution in [0.25, 0.3) is 11.0 Å². The summed E-state index contributed by atoms with van der Waals surface area (Å²) in [5, 5.41) is 11.4. The van der Waals surface area contributed by atoms with Crippen LogP contribution in [0, 0.1) is 26.6 Å². The molecule has 5 rings (SSSR count). The van der Waals surface area contributed by atoms with Crippen LogP contribution in [0.15, 0.2) is 30.3 Å². The molecule has 0 aliphatic heterocycles. The summed E-state index contributed by atoms with van der Waals surface area (Å²) >= 11 is 0. The Kier molecular flexibility index (Phi) is 5.80. The summed E-state index contributed by atoms with van der Waals surface area (Å²) in [4.78, 5) is 17.4. The number of halogens is 4. The third kappa shape index (κ3) is 4.57. The first-order chi connectivity index (χ1) is 17.0. The van der Waals surface area contributed by atoms with E-state index in [2.05, 4.69) is 20.5 Å². The van der Waals surface area contributed by atoms with E-state index in [4.69, 9.17) is 0 Å². The Labute approximate surface area is 204 Å². The van der Waals surface area contributed by atoms with Gasteiger partial charge in [0.1, 0.15) is 12.4 Å². The molecule has 0 radical (unpaired) electrons. The van der Waals surface area contributed by atoms with Crippen LogP contribution in [0.4, 0.5) is 23.2 Å². The lowest BCUT2D eigenvalue weighted by molar-refractivity contribution is -0.136. The number of anilines is 1. The second kappa shape index (κ2) is 8.72. The highest BCUT2D eigenvalue weighted by molar-refractivity contribution is 5.93. The van der Waals surface area contributed by atoms with Gasteiger partial charge in [-0.15, -0.1) is 0 Å². The maximum atomic E-state index is 13.8. The highest BCUT2D eigenvalue weighted by atomic mass is 19.4. The number of hydrogen-bond acceptors (Lipinski definition) is 4. The maximum Gasteiger partial charge on any atom is 0.417 e. The van der Waals surface area contributed by atoms with Gasteiger partial charge in [0.2, 0.25) is 5.91 Å². The van der Waals surface area contributed by atoms with Crippen LogP contribution in [-0.2, 0) is 24.1 Å². The van der Waals surface area contributed by atoms with Gasteiger partial charge < -0.3 is 5.32 Å². The van der Waals surface area contributed by atoms with Crippen molar-refractivity contribution in [3.05, 3.63) is 70.1 Å². The Morgan fingerprint density at radius 2 is 1.72 bits per heavy atom. The van der Waals surface area contributed by atoms with Crippen molar-refractivity contribution in [1.82, 2.24) is 24.5 Å². The molecule has 0 saturated heterocycles. The zero-order chi connectivity index (χ0) is 25.8. The number of nitrogens with zero attached hydrogens (tertiary/aromatic N) is 5. The van der Waals surface area contributed by atoms with Crippen LogP contribution >= 0.6 is 0 Å². The number of rotatable bonds is 6. The predicted octanol–water partition coefficient (Wildman–Crippen LogP) is 5.28. The zero-order valence-electron chi connectivity index (χ0n) is 19.9. The Balaban J connectivity index is 1.41. The molecule has 1 fully saturated rings. The normalized spacial score (nSPS) is 14.0. The van der Waals surface area contributed by atoms with E-state index < -0.39 is 17.6 Å². The quantitative estimate of drug-likeness (QED) is 0.366. The summed E-state index contributed by atoms with van der Waals surface area (Å²) in [6, 6.07) is 7.17. The summed E-state index contributed by atoms with van der Waals surface area (Å²) in [6.07, 6.45) is -2.97. The lowest BCUT2D eigenvalue weighted by atomic mass is 10.1. The van der Waals surface area contributed by atoms with Crippen molar-refractivity contribution in [3.63, 3.8) is 0 Å². The molecule has 1 aliphatic rings. The number of alkyl halides is 3. The molecule has 0 atom stereocenters. The summed E-state index contributed by atoms with van der Waals surface area (Å²) in [7, 11) is 0. The van der Waals surface area contributed by atoms with Crippen molar-refractivity contribution in [2.45, 2.75) is 58.8 Å². The second-order valence-corrected chi connectivity index (χ2v) is 9.19. The number of benzene rings is 1. The van der Waals surface area contributed by atoms with E-state index in [1.165, 1.54) is 23.7 Å². The number of aromatic nitrogens is 5. The fraction of sp³-hybridized carbons (Fsp3) is 0.360. The standard InChI is InChI=1S/C25H24F4N6O/c1-13-22-19(25(27,28)29)10-20(17-6-7-17)30-24(22)35(32-13)12-21(36)31-23-14(2)33-34(15(23)3)11-16-4-8-18(26)9-5-16/h4-5,8-10,17H,6-7,11-12H2,1-3H3,(H,31,36). The molecule has 11 heteroatoms. The molecule has 36 heavy (non-hydrogen) atoms. The monoisotopic (exact) mass is 500 g/mol. The fourth-order valence-corrected chi connectivity index (χ4v) is 4.40. The van der Waals surface area contributed by atoms with E-state index in [-0.39, 0.29) is 35.0 Å². The van der Waals surface area contributed by atoms with Crippen LogP contribution in [0.1, 0.15) is 52.7 Å². The lowest BCUT2D eigenvalue weighted by Gasteiger charge is -2.11. The average molecular weight is 501 g/mol. The van der Waals surface area contributed by atoms with Crippen LogP contribution in [0.3, 0.4) is 0 Å². The van der Waals surface area contributed by atoms with Gasteiger partial charge in [-0.2, -0.15) is 23.4 Å². The van der Waals surface area contributed by atoms with Crippen molar-refractivity contribution < 1.29 is 22.4 Å². The Morgan fingerprint density at radius 3 is 2.36 bits per heavy atom. The van der Waals surface area contributed by atoms with E-state index >= 15 is 0 Å². The van der Waals surface area contributed by atoms with Crippen molar-refractivity contribution >= 4 is 22.6 Å². The molecule has 0 spiro atoms. The summed E-state index contributed by atoms with van der Waals surface area (Å²) in [5.74, 6) is -0.785. The molecule has 4 aromatic rings. The van der Waals surface area contributed by atoms with Crippen LogP contribution in [-0.4, -0.2) is 30.5 Å². The van der Waals surface area contributed by atoms with Crippen molar-refractivity contribution in [1.29, 1.82) is 0 Å². The smallest absolute Gasteiger partial charge is 0.321 e. The van der Waals surface area contributed by atoms with Crippen LogP contribution in [0.2, 0.25) is 0 Å². The molecule has 0 bridgehead atoms. The molecule has 3 heterocycles. The lowest BCUT2D eigenvalue weighted by Crippen LogP contribution is -2.21. The van der Waals surface area contributed by atoms with E-state index in [0.717, 1.165) is 24.5 Å². The Bertz CT molecular complexity index is 1460. The first-order valence-electron chi connectivity index (χ1n) is 11.5. The number of nitrogens with one attached hydrogen (secondary N) is 1. The van der Waals surface area contributed by atoms with Gasteiger partial charge >= 0.3 is 6.18 Å². The number of carbonyl (C=O) groups excluding carboxylic acids is 1. The molecular formula is C25H24F4N6O. The number of aryl methyl sites for hydroxylation is 2. The SMILES string of the molecule is Cc1nn(Cc2ccc(F)cc2)c(C)c1NC(=O)Cn1nc(C)c2c(C(F)(F)F)cc(C3CC3)nc21. The highest BCUT2D eigenvalue weighted by Crippen LogP contribution is 2.43. The number of hydrogen-bond donors (Lipinski definition) is 1. The topological polar surface area (TPSA) is 77.6 Å². The van der Waals surface area contributed by atoms with Gasteiger partial charge in [0.15, 0.2) is 5.65 Å². The number of fused-ring (bicyclic) bond motifs is 1. The fourth-order valence-electron chi connectivity index (χ4n) is 4.40. The third-order valence-electron chi connectivity index (χ3n) is 6.38. The minimum absolute atomic E-state index is 0.00484. The molecule has 188 valence electrons. The molecule has 0 unspecified atom stereocenters. The predicted molar refractivity (Wildman–Crippen MR) is 125 cm³/mol. The first kappa shape index (κ1) is 24.0. The molecule has 1 saturated carbocycles. The van der Waals surface area contributed by atoms with Crippen molar-refractivity contribution in [2.24, 2.45) is 0 Å². The van der Waals surface area contributed by atoms with Gasteiger partial charge in [0, 0.05) is 11.6 Å². The molecule has 1 amide bonds. The number of carbonyl (C=O) groups is 1. The first-order valence-corrected chi connectivity index (χ1v) is 11.5. The van der Waals surface area contributed by atoms with E-state index in [1.807, 2.05) is 0 Å². The molecule has 1 N–H and O–H groups in total. The molecule has 7 nitrogen and oxygen atoms in total. The van der Waals surface area contributed by atoms with E-state index in [9.17, 15) is 22.4 Å². The van der Waals surface area contributed by atoms with Gasteiger partial charge in [-0.25, -0.2) is 14.1 Å². The van der Waals surface area contributed by atoms with Gasteiger partial charge in [-0.1, -0.05) is 12.1 Å². The van der Waals surface area contributed by atoms with Crippen molar-refractivity contribution in [2.75, 3.05) is 5.32 Å². The third-order valence-corrected chi connectivity index (χ3v) is 6.38. The van der Waals surface area contributed by atoms with Gasteiger partial charge in [-0.05, 0) is 57.4 Å². The highest BCUT2D eigenvalue weighted by Gasteiger charge is 2.37. The van der Waals surface area contributed by atoms with E-state index in [0.29, 0.717) is 29.3 Å². The van der Waals surface area contributed by atoms with Gasteiger partial charge in [0.05, 0.1) is 40.3 Å².